The summed E-state index contributed by atoms with van der Waals surface area (Å²) in [6, 6.07) is 4.91. The lowest BCUT2D eigenvalue weighted by Gasteiger charge is -2.35. The lowest BCUT2D eigenvalue weighted by molar-refractivity contribution is -0.161. The van der Waals surface area contributed by atoms with Gasteiger partial charge in [-0.2, -0.15) is 13.2 Å². The first-order valence-electron chi connectivity index (χ1n) is 12.8. The molecule has 1 amide bonds. The summed E-state index contributed by atoms with van der Waals surface area (Å²) in [6.45, 7) is 7.40. The second kappa shape index (κ2) is 10.1. The third-order valence-electron chi connectivity index (χ3n) is 7.62. The Morgan fingerprint density at radius 3 is 2.22 bits per heavy atom. The Morgan fingerprint density at radius 2 is 1.64 bits per heavy atom. The molecule has 198 valence electrons. The molecular weight excluding hydrogens is 473 g/mol. The van der Waals surface area contributed by atoms with Crippen LogP contribution < -0.4 is 5.32 Å². The van der Waals surface area contributed by atoms with E-state index >= 15 is 0 Å². The number of alkyl halides is 3. The Morgan fingerprint density at radius 1 is 1.00 bits per heavy atom. The molecule has 3 atom stereocenters. The van der Waals surface area contributed by atoms with Crippen LogP contribution in [0.1, 0.15) is 64.9 Å². The number of nitrogens with one attached hydrogen (secondary N) is 1. The van der Waals surface area contributed by atoms with Gasteiger partial charge in [0.15, 0.2) is 0 Å². The molecule has 0 spiro atoms. The number of halogens is 3. The highest BCUT2D eigenvalue weighted by molar-refractivity contribution is 5.94. The zero-order valence-corrected chi connectivity index (χ0v) is 21.1. The van der Waals surface area contributed by atoms with Gasteiger partial charge < -0.3 is 10.1 Å². The molecule has 3 aliphatic rings. The smallest absolute Gasteiger partial charge is 0.416 e. The molecule has 36 heavy (non-hydrogen) atoms. The first-order chi connectivity index (χ1) is 16.8. The summed E-state index contributed by atoms with van der Waals surface area (Å²) in [6.07, 6.45) is -0.850. The molecule has 1 N–H and O–H groups in total. The molecule has 1 heterocycles. The number of hydrogen-bond donors (Lipinski definition) is 1. The molecule has 1 aliphatic heterocycles. The van der Waals surface area contributed by atoms with Crippen LogP contribution >= 0.6 is 0 Å². The highest BCUT2D eigenvalue weighted by Gasteiger charge is 2.59. The van der Waals surface area contributed by atoms with E-state index in [-0.39, 0.29) is 42.1 Å². The second-order valence-electron chi connectivity index (χ2n) is 11.4. The van der Waals surface area contributed by atoms with Gasteiger partial charge in [0, 0.05) is 43.6 Å². The van der Waals surface area contributed by atoms with Crippen LogP contribution in [0, 0.1) is 23.7 Å². The van der Waals surface area contributed by atoms with Crippen LogP contribution in [0.3, 0.4) is 0 Å². The van der Waals surface area contributed by atoms with Crippen molar-refractivity contribution in [2.45, 2.75) is 77.1 Å². The van der Waals surface area contributed by atoms with Gasteiger partial charge in [-0.3, -0.25) is 19.3 Å². The van der Waals surface area contributed by atoms with Crippen molar-refractivity contribution < 1.29 is 32.3 Å². The number of carbonyl (C=O) groups is 3. The molecular formula is C27H35F3N2O4. The number of piperidine rings is 1. The Bertz CT molecular complexity index is 983. The van der Waals surface area contributed by atoms with Crippen LogP contribution in [0.15, 0.2) is 24.3 Å². The maximum Gasteiger partial charge on any atom is 0.416 e. The minimum absolute atomic E-state index is 0.0132. The van der Waals surface area contributed by atoms with Gasteiger partial charge in [0.2, 0.25) is 5.91 Å². The maximum atomic E-state index is 12.8. The lowest BCUT2D eigenvalue weighted by atomic mass is 9.85. The molecule has 2 aliphatic carbocycles. The molecule has 1 saturated heterocycles. The first kappa shape index (κ1) is 26.6. The Labute approximate surface area is 209 Å². The van der Waals surface area contributed by atoms with Gasteiger partial charge in [-0.15, -0.1) is 0 Å². The molecule has 1 unspecified atom stereocenters. The number of likely N-dealkylation sites (tertiary alicyclic amines) is 1. The van der Waals surface area contributed by atoms with Crippen molar-refractivity contribution in [2.24, 2.45) is 23.7 Å². The molecule has 1 aromatic rings. The SMILES string of the molecule is CC(C)(C)OC(=O)C1CCC(N2C[C@@H]3C(C(=O)CCC(=O)Nc4cccc(C(F)(F)F)c4)[C@@H]3C2)CC1. The molecule has 1 aromatic carbocycles. The third kappa shape index (κ3) is 6.47. The molecule has 3 fully saturated rings. The fourth-order valence-electron chi connectivity index (χ4n) is 5.80. The quantitative estimate of drug-likeness (QED) is 0.521. The number of nitrogens with zero attached hydrogens (tertiary/aromatic N) is 1. The van der Waals surface area contributed by atoms with E-state index in [0.29, 0.717) is 17.9 Å². The fraction of sp³-hybridized carbons (Fsp3) is 0.667. The first-order valence-corrected chi connectivity index (χ1v) is 12.8. The monoisotopic (exact) mass is 508 g/mol. The number of fused-ring (bicyclic) bond motifs is 1. The summed E-state index contributed by atoms with van der Waals surface area (Å²) in [5, 5.41) is 2.46. The normalized spacial score (nSPS) is 28.3. The summed E-state index contributed by atoms with van der Waals surface area (Å²) in [7, 11) is 0. The van der Waals surface area contributed by atoms with Crippen molar-refractivity contribution in [1.82, 2.24) is 4.90 Å². The molecule has 0 bridgehead atoms. The van der Waals surface area contributed by atoms with Gasteiger partial charge in [-0.25, -0.2) is 0 Å². The van der Waals surface area contributed by atoms with Crippen molar-refractivity contribution in [2.75, 3.05) is 18.4 Å². The molecule has 4 rings (SSSR count). The van der Waals surface area contributed by atoms with Crippen LogP contribution in [0.2, 0.25) is 0 Å². The number of benzene rings is 1. The number of hydrogen-bond acceptors (Lipinski definition) is 5. The van der Waals surface area contributed by atoms with Crippen molar-refractivity contribution in [3.8, 4) is 0 Å². The topological polar surface area (TPSA) is 75.7 Å². The summed E-state index contributed by atoms with van der Waals surface area (Å²) in [5.74, 6) is 0.109. The van der Waals surface area contributed by atoms with Crippen molar-refractivity contribution >= 4 is 23.3 Å². The number of ketones is 1. The number of amides is 1. The van der Waals surface area contributed by atoms with E-state index < -0.39 is 23.2 Å². The van der Waals surface area contributed by atoms with Gasteiger partial charge in [0.05, 0.1) is 11.5 Å². The van der Waals surface area contributed by atoms with E-state index in [1.807, 2.05) is 20.8 Å². The van der Waals surface area contributed by atoms with E-state index in [9.17, 15) is 27.6 Å². The number of rotatable bonds is 7. The average molecular weight is 509 g/mol. The Hall–Kier alpha value is -2.42. The highest BCUT2D eigenvalue weighted by atomic mass is 19.4. The number of anilines is 1. The van der Waals surface area contributed by atoms with Crippen LogP contribution in [0.25, 0.3) is 0 Å². The largest absolute Gasteiger partial charge is 0.460 e. The van der Waals surface area contributed by atoms with Gasteiger partial charge in [-0.1, -0.05) is 6.07 Å². The average Bonchev–Trinajstić information content (AvgIpc) is 3.29. The molecule has 2 saturated carbocycles. The van der Waals surface area contributed by atoms with Crippen LogP contribution in [-0.2, 0) is 25.3 Å². The fourth-order valence-corrected chi connectivity index (χ4v) is 5.80. The van der Waals surface area contributed by atoms with Crippen molar-refractivity contribution in [3.05, 3.63) is 29.8 Å². The Kier molecular flexibility index (Phi) is 7.51. The highest BCUT2D eigenvalue weighted by Crippen LogP contribution is 2.54. The number of Topliss-reactive ketones (excluding diaryl/α,β-unsaturated/α-hetero) is 1. The molecule has 0 radical (unpaired) electrons. The van der Waals surface area contributed by atoms with E-state index in [4.69, 9.17) is 4.74 Å². The van der Waals surface area contributed by atoms with Crippen molar-refractivity contribution in [3.63, 3.8) is 0 Å². The minimum atomic E-state index is -4.48. The molecule has 6 nitrogen and oxygen atoms in total. The zero-order valence-electron chi connectivity index (χ0n) is 21.1. The predicted octanol–water partition coefficient (Wildman–Crippen LogP) is 5.07. The summed E-state index contributed by atoms with van der Waals surface area (Å²) in [5.41, 5.74) is -1.22. The lowest BCUT2D eigenvalue weighted by Crippen LogP contribution is -2.40. The van der Waals surface area contributed by atoms with Crippen LogP contribution in [0.4, 0.5) is 18.9 Å². The van der Waals surface area contributed by atoms with Gasteiger partial charge in [-0.05, 0) is 76.5 Å². The van der Waals surface area contributed by atoms with Crippen LogP contribution in [-0.4, -0.2) is 47.3 Å². The predicted molar refractivity (Wildman–Crippen MR) is 128 cm³/mol. The zero-order chi connectivity index (χ0) is 26.3. The summed E-state index contributed by atoms with van der Waals surface area (Å²) >= 11 is 0. The van der Waals surface area contributed by atoms with E-state index in [1.165, 1.54) is 12.1 Å². The van der Waals surface area contributed by atoms with Crippen LogP contribution in [0.5, 0.6) is 0 Å². The molecule has 9 heteroatoms. The summed E-state index contributed by atoms with van der Waals surface area (Å²) < 4.78 is 44.0. The molecule has 0 aromatic heterocycles. The third-order valence-corrected chi connectivity index (χ3v) is 7.62. The Balaban J connectivity index is 1.16. The maximum absolute atomic E-state index is 12.8. The minimum Gasteiger partial charge on any atom is -0.460 e. The number of ether oxygens (including phenoxy) is 1. The van der Waals surface area contributed by atoms with Gasteiger partial charge in [0.1, 0.15) is 11.4 Å². The van der Waals surface area contributed by atoms with Gasteiger partial charge >= 0.3 is 12.1 Å². The number of esters is 1. The second-order valence-corrected chi connectivity index (χ2v) is 11.4. The standard InChI is InChI=1S/C27H35F3N2O4/c1-26(2,3)36-25(35)16-7-9-19(10-8-16)32-14-20-21(15-32)24(20)22(33)11-12-23(34)31-18-6-4-5-17(13-18)27(28,29)30/h4-6,13,16,19-21,24H,7-12,14-15H2,1-3H3,(H,31,34)/t16?,19?,20-,21+,24?. The number of carbonyl (C=O) groups excluding carboxylic acids is 3. The van der Waals surface area contributed by atoms with E-state index in [1.54, 1.807) is 0 Å². The van der Waals surface area contributed by atoms with Crippen molar-refractivity contribution in [1.29, 1.82) is 0 Å². The summed E-state index contributed by atoms with van der Waals surface area (Å²) in [4.78, 5) is 39.7. The van der Waals surface area contributed by atoms with E-state index in [0.717, 1.165) is 50.9 Å². The van der Waals surface area contributed by atoms with E-state index in [2.05, 4.69) is 10.2 Å². The van der Waals surface area contributed by atoms with Gasteiger partial charge in [0.25, 0.3) is 0 Å².